The smallest absolute Gasteiger partial charge is 0.242 e. The number of carbonyl (C=O) groups is 2. The second kappa shape index (κ2) is 5.84. The molecular formula is C14H19N3O2. The summed E-state index contributed by atoms with van der Waals surface area (Å²) in [6, 6.07) is 8.78. The zero-order valence-electron chi connectivity index (χ0n) is 11.0. The highest BCUT2D eigenvalue weighted by molar-refractivity contribution is 5.88. The molecule has 1 fully saturated rings. The molecule has 5 nitrogen and oxygen atoms in total. The molecule has 0 aliphatic carbocycles. The summed E-state index contributed by atoms with van der Waals surface area (Å²) in [7, 11) is 0. The van der Waals surface area contributed by atoms with Crippen molar-refractivity contribution in [3.63, 3.8) is 0 Å². The summed E-state index contributed by atoms with van der Waals surface area (Å²) in [5.41, 5.74) is 6.97. The van der Waals surface area contributed by atoms with Gasteiger partial charge in [-0.25, -0.2) is 0 Å². The Balaban J connectivity index is 1.99. The number of amides is 2. The molecule has 0 unspecified atom stereocenters. The Labute approximate surface area is 112 Å². The Morgan fingerprint density at radius 1 is 1.47 bits per heavy atom. The van der Waals surface area contributed by atoms with E-state index in [-0.39, 0.29) is 24.3 Å². The Hall–Kier alpha value is -1.88. The largest absolute Gasteiger partial charge is 0.353 e. The van der Waals surface area contributed by atoms with Gasteiger partial charge in [0.25, 0.3) is 0 Å². The monoisotopic (exact) mass is 261 g/mol. The van der Waals surface area contributed by atoms with Gasteiger partial charge in [0.15, 0.2) is 0 Å². The maximum Gasteiger partial charge on any atom is 0.242 e. The molecule has 3 N–H and O–H groups in total. The maximum atomic E-state index is 12.2. The fourth-order valence-electron chi connectivity index (χ4n) is 2.25. The van der Waals surface area contributed by atoms with E-state index in [9.17, 15) is 9.59 Å². The Morgan fingerprint density at radius 3 is 2.84 bits per heavy atom. The second-order valence-corrected chi connectivity index (χ2v) is 4.78. The van der Waals surface area contributed by atoms with Gasteiger partial charge in [0.05, 0.1) is 0 Å². The van der Waals surface area contributed by atoms with Crippen LogP contribution in [0, 0.1) is 0 Å². The molecule has 1 aromatic rings. The highest BCUT2D eigenvalue weighted by Gasteiger charge is 2.29. The number of hydrogen-bond acceptors (Lipinski definition) is 3. The molecule has 0 aromatic heterocycles. The van der Waals surface area contributed by atoms with Gasteiger partial charge in [-0.15, -0.1) is 0 Å². The van der Waals surface area contributed by atoms with Crippen LogP contribution in [0.2, 0.25) is 0 Å². The van der Waals surface area contributed by atoms with Crippen molar-refractivity contribution < 1.29 is 9.59 Å². The summed E-state index contributed by atoms with van der Waals surface area (Å²) >= 11 is 0. The lowest BCUT2D eigenvalue weighted by Gasteiger charge is -2.33. The van der Waals surface area contributed by atoms with Crippen molar-refractivity contribution in [1.29, 1.82) is 0 Å². The molecule has 5 heteroatoms. The minimum Gasteiger partial charge on any atom is -0.353 e. The van der Waals surface area contributed by atoms with Crippen LogP contribution >= 0.6 is 0 Å². The quantitative estimate of drug-likeness (QED) is 0.828. The third-order valence-electron chi connectivity index (χ3n) is 3.44. The van der Waals surface area contributed by atoms with E-state index in [1.165, 1.54) is 0 Å². The number of benzene rings is 1. The van der Waals surface area contributed by atoms with E-state index in [4.69, 9.17) is 5.73 Å². The molecule has 2 amide bonds. The van der Waals surface area contributed by atoms with E-state index in [0.29, 0.717) is 13.1 Å². The molecular weight excluding hydrogens is 242 g/mol. The molecule has 2 rings (SSSR count). The van der Waals surface area contributed by atoms with E-state index in [0.717, 1.165) is 5.56 Å². The fourth-order valence-corrected chi connectivity index (χ4v) is 2.25. The number of nitrogens with zero attached hydrogens (tertiary/aromatic N) is 1. The molecule has 1 heterocycles. The Morgan fingerprint density at radius 2 is 2.16 bits per heavy atom. The molecule has 0 saturated carbocycles. The first-order valence-corrected chi connectivity index (χ1v) is 6.47. The van der Waals surface area contributed by atoms with Crippen molar-refractivity contribution in [1.82, 2.24) is 10.2 Å². The highest BCUT2D eigenvalue weighted by Crippen LogP contribution is 2.16. The molecule has 0 bridgehead atoms. The van der Waals surface area contributed by atoms with Crippen molar-refractivity contribution in [3.8, 4) is 0 Å². The first-order valence-electron chi connectivity index (χ1n) is 6.47. The lowest BCUT2D eigenvalue weighted by atomic mass is 10.0. The highest BCUT2D eigenvalue weighted by atomic mass is 16.2. The molecule has 0 radical (unpaired) electrons. The number of carbonyl (C=O) groups excluding carboxylic acids is 2. The molecule has 1 saturated heterocycles. The van der Waals surface area contributed by atoms with Gasteiger partial charge in [0.2, 0.25) is 11.8 Å². The van der Waals surface area contributed by atoms with Crippen LogP contribution < -0.4 is 11.1 Å². The average Bonchev–Trinajstić information content (AvgIpc) is 2.42. The third kappa shape index (κ3) is 3.12. The SMILES string of the molecule is C[C@@H]1C(=O)NCCN1C(=O)C[C@H](N)c1ccccc1. The number of nitrogens with two attached hydrogens (primary N) is 1. The molecule has 1 aromatic carbocycles. The predicted octanol–water partition coefficient (Wildman–Crippen LogP) is 0.423. The van der Waals surface area contributed by atoms with E-state index in [1.807, 2.05) is 30.3 Å². The summed E-state index contributed by atoms with van der Waals surface area (Å²) in [6.45, 7) is 2.79. The van der Waals surface area contributed by atoms with Gasteiger partial charge in [0.1, 0.15) is 6.04 Å². The van der Waals surface area contributed by atoms with Gasteiger partial charge >= 0.3 is 0 Å². The molecule has 0 spiro atoms. The lowest BCUT2D eigenvalue weighted by molar-refractivity contribution is -0.142. The zero-order chi connectivity index (χ0) is 13.8. The van der Waals surface area contributed by atoms with Crippen LogP contribution in [0.1, 0.15) is 24.9 Å². The Kier molecular flexibility index (Phi) is 4.16. The van der Waals surface area contributed by atoms with Gasteiger partial charge in [-0.3, -0.25) is 9.59 Å². The summed E-state index contributed by atoms with van der Waals surface area (Å²) in [5, 5.41) is 2.74. The number of rotatable bonds is 3. The first kappa shape index (κ1) is 13.5. The third-order valence-corrected chi connectivity index (χ3v) is 3.44. The van der Waals surface area contributed by atoms with Crippen LogP contribution in [0.25, 0.3) is 0 Å². The van der Waals surface area contributed by atoms with Crippen LogP contribution in [0.4, 0.5) is 0 Å². The number of hydrogen-bond donors (Lipinski definition) is 2. The van der Waals surface area contributed by atoms with E-state index >= 15 is 0 Å². The van der Waals surface area contributed by atoms with E-state index in [2.05, 4.69) is 5.32 Å². The summed E-state index contributed by atoms with van der Waals surface area (Å²) in [5.74, 6) is -0.174. The van der Waals surface area contributed by atoms with Crippen LogP contribution in [0.3, 0.4) is 0 Å². The molecule has 19 heavy (non-hydrogen) atoms. The van der Waals surface area contributed by atoms with Gasteiger partial charge < -0.3 is 16.0 Å². The van der Waals surface area contributed by atoms with E-state index < -0.39 is 6.04 Å². The van der Waals surface area contributed by atoms with Gasteiger partial charge in [-0.05, 0) is 12.5 Å². The zero-order valence-corrected chi connectivity index (χ0v) is 11.0. The predicted molar refractivity (Wildman–Crippen MR) is 72.2 cm³/mol. The normalized spacial score (nSPS) is 20.8. The summed E-state index contributed by atoms with van der Waals surface area (Å²) < 4.78 is 0. The van der Waals surface area contributed by atoms with Gasteiger partial charge in [-0.2, -0.15) is 0 Å². The van der Waals surface area contributed by atoms with Crippen molar-refractivity contribution in [2.24, 2.45) is 5.73 Å². The lowest BCUT2D eigenvalue weighted by Crippen LogP contribution is -2.56. The van der Waals surface area contributed by atoms with Crippen molar-refractivity contribution >= 4 is 11.8 Å². The molecule has 102 valence electrons. The second-order valence-electron chi connectivity index (χ2n) is 4.78. The molecule has 1 aliphatic rings. The van der Waals surface area contributed by atoms with Gasteiger partial charge in [0, 0.05) is 25.6 Å². The van der Waals surface area contributed by atoms with Gasteiger partial charge in [-0.1, -0.05) is 30.3 Å². The van der Waals surface area contributed by atoms with Crippen molar-refractivity contribution in [3.05, 3.63) is 35.9 Å². The maximum absolute atomic E-state index is 12.2. The van der Waals surface area contributed by atoms with Crippen LogP contribution in [-0.2, 0) is 9.59 Å². The molecule has 1 aliphatic heterocycles. The van der Waals surface area contributed by atoms with E-state index in [1.54, 1.807) is 11.8 Å². The Bertz CT molecular complexity index is 461. The van der Waals surface area contributed by atoms with Crippen LogP contribution in [0.15, 0.2) is 30.3 Å². The summed E-state index contributed by atoms with van der Waals surface area (Å²) in [4.78, 5) is 25.3. The number of nitrogens with one attached hydrogen (secondary N) is 1. The molecule has 2 atom stereocenters. The van der Waals surface area contributed by atoms with Crippen molar-refractivity contribution in [2.45, 2.75) is 25.4 Å². The topological polar surface area (TPSA) is 75.4 Å². The standard InChI is InChI=1S/C14H19N3O2/c1-10-14(19)16-7-8-17(10)13(18)9-12(15)11-5-3-2-4-6-11/h2-6,10,12H,7-9,15H2,1H3,(H,16,19)/t10-,12+/m1/s1. The average molecular weight is 261 g/mol. The first-order chi connectivity index (χ1) is 9.09. The fraction of sp³-hybridized carbons (Fsp3) is 0.429. The minimum absolute atomic E-state index is 0.0706. The summed E-state index contributed by atoms with van der Waals surface area (Å²) in [6.07, 6.45) is 0.224. The van der Waals surface area contributed by atoms with Crippen LogP contribution in [0.5, 0.6) is 0 Å². The van der Waals surface area contributed by atoms with Crippen molar-refractivity contribution in [2.75, 3.05) is 13.1 Å². The number of piperazine rings is 1. The van der Waals surface area contributed by atoms with Crippen LogP contribution in [-0.4, -0.2) is 35.8 Å². The minimum atomic E-state index is -0.413.